The first-order valence-corrected chi connectivity index (χ1v) is 6.05. The third-order valence-electron chi connectivity index (χ3n) is 3.09. The van der Waals surface area contributed by atoms with Crippen LogP contribution in [0.15, 0.2) is 36.5 Å². The Morgan fingerprint density at radius 3 is 2.84 bits per heavy atom. The van der Waals surface area contributed by atoms with Crippen molar-refractivity contribution >= 4 is 11.6 Å². The number of benzene rings is 1. The lowest BCUT2D eigenvalue weighted by Crippen LogP contribution is -2.13. The van der Waals surface area contributed by atoms with E-state index in [1.54, 1.807) is 12.1 Å². The van der Waals surface area contributed by atoms with Crippen LogP contribution in [0.5, 0.6) is 0 Å². The highest BCUT2D eigenvalue weighted by molar-refractivity contribution is 6.04. The molecule has 2 N–H and O–H groups in total. The second-order valence-corrected chi connectivity index (χ2v) is 4.40. The van der Waals surface area contributed by atoms with Crippen molar-refractivity contribution in [3.8, 4) is 0 Å². The normalized spacial score (nSPS) is 10.3. The summed E-state index contributed by atoms with van der Waals surface area (Å²) >= 11 is 0. The van der Waals surface area contributed by atoms with Crippen molar-refractivity contribution in [2.45, 2.75) is 20.5 Å². The van der Waals surface area contributed by atoms with Gasteiger partial charge in [0, 0.05) is 17.4 Å². The Morgan fingerprint density at radius 1 is 1.32 bits per heavy atom. The fourth-order valence-corrected chi connectivity index (χ4v) is 1.79. The van der Waals surface area contributed by atoms with Crippen LogP contribution in [0.3, 0.4) is 0 Å². The third-order valence-corrected chi connectivity index (χ3v) is 3.09. The molecule has 0 fully saturated rings. The van der Waals surface area contributed by atoms with Crippen LogP contribution in [-0.2, 0) is 6.61 Å². The number of hydrogen-bond acceptors (Lipinski definition) is 3. The molecule has 2 rings (SSSR count). The average molecular weight is 256 g/mol. The number of rotatable bonds is 3. The zero-order valence-electron chi connectivity index (χ0n) is 11.0. The van der Waals surface area contributed by atoms with Crippen LogP contribution < -0.4 is 5.32 Å². The second-order valence-electron chi connectivity index (χ2n) is 4.40. The van der Waals surface area contributed by atoms with E-state index in [0.717, 1.165) is 16.8 Å². The standard InChI is InChI=1S/C15H16N2O2/c1-10-4-3-5-14(11(10)2)17-15(19)12-6-7-16-13(8-12)9-18/h3-8,18H,9H2,1-2H3,(H,17,19). The van der Waals surface area contributed by atoms with Crippen molar-refractivity contribution in [2.24, 2.45) is 0 Å². The van der Waals surface area contributed by atoms with Gasteiger partial charge in [0.1, 0.15) is 0 Å². The molecule has 0 saturated heterocycles. The highest BCUT2D eigenvalue weighted by atomic mass is 16.3. The number of carbonyl (C=O) groups excluding carboxylic acids is 1. The minimum Gasteiger partial charge on any atom is -0.390 e. The topological polar surface area (TPSA) is 62.2 Å². The van der Waals surface area contributed by atoms with Crippen LogP contribution in [0.2, 0.25) is 0 Å². The van der Waals surface area contributed by atoms with Gasteiger partial charge in [0.2, 0.25) is 0 Å². The molecule has 0 radical (unpaired) electrons. The summed E-state index contributed by atoms with van der Waals surface area (Å²) in [5, 5.41) is 11.9. The molecule has 0 bridgehead atoms. The first-order valence-electron chi connectivity index (χ1n) is 6.05. The Hall–Kier alpha value is -2.20. The smallest absolute Gasteiger partial charge is 0.255 e. The first-order chi connectivity index (χ1) is 9.11. The Balaban J connectivity index is 2.23. The lowest BCUT2D eigenvalue weighted by atomic mass is 10.1. The minimum absolute atomic E-state index is 0.176. The predicted octanol–water partition coefficient (Wildman–Crippen LogP) is 2.44. The number of nitrogens with zero attached hydrogens (tertiary/aromatic N) is 1. The van der Waals surface area contributed by atoms with E-state index >= 15 is 0 Å². The number of anilines is 1. The summed E-state index contributed by atoms with van der Waals surface area (Å²) in [7, 11) is 0. The van der Waals surface area contributed by atoms with Gasteiger partial charge in [-0.1, -0.05) is 12.1 Å². The van der Waals surface area contributed by atoms with E-state index in [9.17, 15) is 4.79 Å². The summed E-state index contributed by atoms with van der Waals surface area (Å²) in [6.07, 6.45) is 1.52. The van der Waals surface area contributed by atoms with Crippen LogP contribution in [0.25, 0.3) is 0 Å². The van der Waals surface area contributed by atoms with Gasteiger partial charge in [0.25, 0.3) is 5.91 Å². The van der Waals surface area contributed by atoms with Gasteiger partial charge in [-0.3, -0.25) is 9.78 Å². The fraction of sp³-hybridized carbons (Fsp3) is 0.200. The van der Waals surface area contributed by atoms with Crippen LogP contribution >= 0.6 is 0 Å². The molecule has 4 heteroatoms. The molecule has 1 aromatic carbocycles. The van der Waals surface area contributed by atoms with Gasteiger partial charge in [-0.05, 0) is 43.2 Å². The van der Waals surface area contributed by atoms with E-state index in [4.69, 9.17) is 5.11 Å². The van der Waals surface area contributed by atoms with Gasteiger partial charge in [0.15, 0.2) is 0 Å². The highest BCUT2D eigenvalue weighted by Crippen LogP contribution is 2.18. The summed E-state index contributed by atoms with van der Waals surface area (Å²) in [5.74, 6) is -0.203. The molecular formula is C15H16N2O2. The van der Waals surface area contributed by atoms with E-state index in [2.05, 4.69) is 10.3 Å². The van der Waals surface area contributed by atoms with Crippen molar-refractivity contribution in [1.29, 1.82) is 0 Å². The average Bonchev–Trinajstić information content (AvgIpc) is 2.44. The van der Waals surface area contributed by atoms with Gasteiger partial charge in [-0.2, -0.15) is 0 Å². The first kappa shape index (κ1) is 13.2. The molecule has 1 amide bonds. The lowest BCUT2D eigenvalue weighted by Gasteiger charge is -2.10. The number of hydrogen-bond donors (Lipinski definition) is 2. The van der Waals surface area contributed by atoms with Crippen molar-refractivity contribution in [2.75, 3.05) is 5.32 Å². The molecule has 0 aliphatic carbocycles. The molecule has 0 saturated carbocycles. The van der Waals surface area contributed by atoms with Crippen molar-refractivity contribution in [3.05, 3.63) is 58.9 Å². The van der Waals surface area contributed by atoms with Crippen molar-refractivity contribution < 1.29 is 9.90 Å². The van der Waals surface area contributed by atoms with Gasteiger partial charge >= 0.3 is 0 Å². The summed E-state index contributed by atoms with van der Waals surface area (Å²) < 4.78 is 0. The second kappa shape index (κ2) is 5.63. The largest absolute Gasteiger partial charge is 0.390 e. The van der Waals surface area contributed by atoms with E-state index < -0.39 is 0 Å². The molecule has 0 atom stereocenters. The van der Waals surface area contributed by atoms with E-state index in [1.807, 2.05) is 32.0 Å². The molecule has 0 aliphatic heterocycles. The van der Waals surface area contributed by atoms with E-state index in [1.165, 1.54) is 6.20 Å². The van der Waals surface area contributed by atoms with Crippen molar-refractivity contribution in [3.63, 3.8) is 0 Å². The summed E-state index contributed by atoms with van der Waals surface area (Å²) in [4.78, 5) is 16.1. The number of pyridine rings is 1. The number of carbonyl (C=O) groups is 1. The number of aryl methyl sites for hydroxylation is 1. The molecule has 98 valence electrons. The minimum atomic E-state index is -0.203. The van der Waals surface area contributed by atoms with Crippen LogP contribution in [-0.4, -0.2) is 16.0 Å². The maximum atomic E-state index is 12.1. The molecule has 1 heterocycles. The Kier molecular flexibility index (Phi) is 3.92. The zero-order chi connectivity index (χ0) is 13.8. The molecule has 19 heavy (non-hydrogen) atoms. The molecule has 0 spiro atoms. The number of nitrogens with one attached hydrogen (secondary N) is 1. The summed E-state index contributed by atoms with van der Waals surface area (Å²) in [6, 6.07) is 8.99. The van der Waals surface area contributed by atoms with E-state index in [-0.39, 0.29) is 12.5 Å². The highest BCUT2D eigenvalue weighted by Gasteiger charge is 2.09. The number of amides is 1. The van der Waals surface area contributed by atoms with Gasteiger partial charge < -0.3 is 10.4 Å². The predicted molar refractivity (Wildman–Crippen MR) is 74.0 cm³/mol. The maximum Gasteiger partial charge on any atom is 0.255 e. The lowest BCUT2D eigenvalue weighted by molar-refractivity contribution is 0.102. The molecule has 0 unspecified atom stereocenters. The maximum absolute atomic E-state index is 12.1. The Morgan fingerprint density at radius 2 is 2.11 bits per heavy atom. The Bertz CT molecular complexity index is 609. The zero-order valence-corrected chi connectivity index (χ0v) is 11.0. The SMILES string of the molecule is Cc1cccc(NC(=O)c2ccnc(CO)c2)c1C. The molecule has 0 aliphatic rings. The van der Waals surface area contributed by atoms with Crippen LogP contribution in [0.1, 0.15) is 27.2 Å². The number of aromatic nitrogens is 1. The van der Waals surface area contributed by atoms with Crippen LogP contribution in [0.4, 0.5) is 5.69 Å². The molecule has 4 nitrogen and oxygen atoms in total. The van der Waals surface area contributed by atoms with Gasteiger partial charge in [-0.25, -0.2) is 0 Å². The monoisotopic (exact) mass is 256 g/mol. The number of aliphatic hydroxyl groups excluding tert-OH is 1. The van der Waals surface area contributed by atoms with Crippen LogP contribution in [0, 0.1) is 13.8 Å². The van der Waals surface area contributed by atoms with E-state index in [0.29, 0.717) is 11.3 Å². The Labute approximate surface area is 112 Å². The third kappa shape index (κ3) is 2.98. The quantitative estimate of drug-likeness (QED) is 0.886. The fourth-order valence-electron chi connectivity index (χ4n) is 1.79. The summed E-state index contributed by atoms with van der Waals surface area (Å²) in [5.41, 5.74) is 3.94. The molecule has 1 aromatic heterocycles. The van der Waals surface area contributed by atoms with Gasteiger partial charge in [0.05, 0.1) is 12.3 Å². The number of aliphatic hydroxyl groups is 1. The van der Waals surface area contributed by atoms with Gasteiger partial charge in [-0.15, -0.1) is 0 Å². The summed E-state index contributed by atoms with van der Waals surface area (Å²) in [6.45, 7) is 3.79. The molecule has 2 aromatic rings. The molecular weight excluding hydrogens is 240 g/mol. The van der Waals surface area contributed by atoms with Crippen molar-refractivity contribution in [1.82, 2.24) is 4.98 Å².